The number of rotatable bonds is 6. The van der Waals surface area contributed by atoms with Gasteiger partial charge in [-0.1, -0.05) is 37.3 Å². The molecule has 27 heavy (non-hydrogen) atoms. The Bertz CT molecular complexity index is 754. The molecule has 5 heteroatoms. The highest BCUT2D eigenvalue weighted by molar-refractivity contribution is 5.92. The van der Waals surface area contributed by atoms with E-state index in [2.05, 4.69) is 25.2 Å². The molecule has 0 spiro atoms. The highest BCUT2D eigenvalue weighted by atomic mass is 19.1. The Morgan fingerprint density at radius 3 is 2.41 bits per heavy atom. The molecule has 2 aromatic carbocycles. The lowest BCUT2D eigenvalue weighted by atomic mass is 10.1. The number of benzene rings is 2. The molecule has 0 saturated carbocycles. The van der Waals surface area contributed by atoms with Gasteiger partial charge in [0.2, 0.25) is 0 Å². The third kappa shape index (κ3) is 5.15. The van der Waals surface area contributed by atoms with Crippen molar-refractivity contribution >= 4 is 11.6 Å². The van der Waals surface area contributed by atoms with Crippen LogP contribution >= 0.6 is 0 Å². The van der Waals surface area contributed by atoms with Gasteiger partial charge in [0.05, 0.1) is 0 Å². The van der Waals surface area contributed by atoms with Gasteiger partial charge in [0.15, 0.2) is 6.54 Å². The number of nitrogens with one attached hydrogen (secondary N) is 3. The van der Waals surface area contributed by atoms with Crippen molar-refractivity contribution in [3.05, 3.63) is 65.5 Å². The minimum absolute atomic E-state index is 0.0842. The SMILES string of the molecule is CCc1ccccc1NC(=O)C[NH+]1CC[NH+]([C@@H](C)c2ccc(F)cc2)CC1. The van der Waals surface area contributed by atoms with E-state index in [-0.39, 0.29) is 11.7 Å². The molecule has 0 radical (unpaired) electrons. The van der Waals surface area contributed by atoms with Crippen LogP contribution in [0.5, 0.6) is 0 Å². The zero-order chi connectivity index (χ0) is 19.2. The molecule has 2 aromatic rings. The molecule has 1 saturated heterocycles. The molecule has 1 amide bonds. The molecule has 3 rings (SSSR count). The van der Waals surface area contributed by atoms with Crippen LogP contribution in [-0.4, -0.2) is 38.6 Å². The standard InChI is InChI=1S/C22H28FN3O/c1-3-18-6-4-5-7-21(18)24-22(27)16-25-12-14-26(15-13-25)17(2)19-8-10-20(23)11-9-19/h4-11,17H,3,12-16H2,1-2H3,(H,24,27)/p+2/t17-/m0/s1. The van der Waals surface area contributed by atoms with Crippen LogP contribution in [-0.2, 0) is 11.2 Å². The number of halogens is 1. The fourth-order valence-electron chi connectivity index (χ4n) is 3.89. The summed E-state index contributed by atoms with van der Waals surface area (Å²) < 4.78 is 13.1. The first kappa shape index (κ1) is 19.5. The largest absolute Gasteiger partial charge is 0.321 e. The Kier molecular flexibility index (Phi) is 6.58. The Labute approximate surface area is 161 Å². The van der Waals surface area contributed by atoms with Crippen LogP contribution in [0.25, 0.3) is 0 Å². The average molecular weight is 372 g/mol. The van der Waals surface area contributed by atoms with Crippen LogP contribution in [0.1, 0.15) is 31.0 Å². The number of carbonyl (C=O) groups is 1. The van der Waals surface area contributed by atoms with Crippen LogP contribution in [0, 0.1) is 5.82 Å². The van der Waals surface area contributed by atoms with Crippen molar-refractivity contribution in [3.63, 3.8) is 0 Å². The second kappa shape index (κ2) is 9.11. The summed E-state index contributed by atoms with van der Waals surface area (Å²) in [7, 11) is 0. The Morgan fingerprint density at radius 2 is 1.74 bits per heavy atom. The van der Waals surface area contributed by atoms with E-state index in [0.29, 0.717) is 12.6 Å². The quantitative estimate of drug-likeness (QED) is 0.693. The van der Waals surface area contributed by atoms with E-state index < -0.39 is 0 Å². The van der Waals surface area contributed by atoms with Crippen molar-refractivity contribution in [2.75, 3.05) is 38.0 Å². The molecule has 1 aliphatic heterocycles. The number of amides is 1. The van der Waals surface area contributed by atoms with Gasteiger partial charge in [-0.3, -0.25) is 4.79 Å². The van der Waals surface area contributed by atoms with Crippen LogP contribution < -0.4 is 15.1 Å². The number of carbonyl (C=O) groups excluding carboxylic acids is 1. The Hall–Kier alpha value is -2.24. The molecule has 0 unspecified atom stereocenters. The van der Waals surface area contributed by atoms with Gasteiger partial charge in [-0.2, -0.15) is 0 Å². The highest BCUT2D eigenvalue weighted by Crippen LogP contribution is 2.15. The maximum atomic E-state index is 13.1. The molecular weight excluding hydrogens is 341 g/mol. The summed E-state index contributed by atoms with van der Waals surface area (Å²) in [6, 6.07) is 15.2. The van der Waals surface area contributed by atoms with Crippen molar-refractivity contribution in [3.8, 4) is 0 Å². The summed E-state index contributed by atoms with van der Waals surface area (Å²) in [6.45, 7) is 8.80. The Morgan fingerprint density at radius 1 is 1.07 bits per heavy atom. The molecule has 1 aliphatic rings. The van der Waals surface area contributed by atoms with Gasteiger partial charge in [-0.05, 0) is 37.1 Å². The fourth-order valence-corrected chi connectivity index (χ4v) is 3.89. The predicted molar refractivity (Wildman–Crippen MR) is 106 cm³/mol. The molecule has 144 valence electrons. The molecule has 0 bridgehead atoms. The normalized spacial score (nSPS) is 20.9. The maximum absolute atomic E-state index is 13.1. The zero-order valence-electron chi connectivity index (χ0n) is 16.2. The zero-order valence-corrected chi connectivity index (χ0v) is 16.2. The number of anilines is 1. The lowest BCUT2D eigenvalue weighted by molar-refractivity contribution is -1.02. The molecule has 0 aliphatic carbocycles. The van der Waals surface area contributed by atoms with Crippen molar-refractivity contribution in [2.24, 2.45) is 0 Å². The number of para-hydroxylation sites is 1. The molecule has 1 heterocycles. The van der Waals surface area contributed by atoms with Crippen LogP contribution in [0.4, 0.5) is 10.1 Å². The van der Waals surface area contributed by atoms with E-state index in [4.69, 9.17) is 0 Å². The lowest BCUT2D eigenvalue weighted by Gasteiger charge is -2.33. The average Bonchev–Trinajstić information content (AvgIpc) is 2.69. The predicted octanol–water partition coefficient (Wildman–Crippen LogP) is 0.871. The summed E-state index contributed by atoms with van der Waals surface area (Å²) in [4.78, 5) is 15.3. The van der Waals surface area contributed by atoms with E-state index in [1.54, 1.807) is 0 Å². The summed E-state index contributed by atoms with van der Waals surface area (Å²) in [5, 5.41) is 3.07. The second-order valence-corrected chi connectivity index (χ2v) is 7.42. The molecule has 0 aromatic heterocycles. The minimum Gasteiger partial charge on any atom is -0.321 e. The molecule has 4 nitrogen and oxygen atoms in total. The van der Waals surface area contributed by atoms with Gasteiger partial charge in [-0.25, -0.2) is 4.39 Å². The summed E-state index contributed by atoms with van der Waals surface area (Å²) >= 11 is 0. The smallest absolute Gasteiger partial charge is 0.279 e. The van der Waals surface area contributed by atoms with E-state index in [0.717, 1.165) is 38.3 Å². The van der Waals surface area contributed by atoms with Crippen molar-refractivity contribution < 1.29 is 19.0 Å². The van der Waals surface area contributed by atoms with E-state index in [9.17, 15) is 9.18 Å². The first-order valence-corrected chi connectivity index (χ1v) is 9.88. The number of hydrogen-bond acceptors (Lipinski definition) is 1. The molecule has 3 N–H and O–H groups in total. The second-order valence-electron chi connectivity index (χ2n) is 7.42. The third-order valence-corrected chi connectivity index (χ3v) is 5.66. The van der Waals surface area contributed by atoms with Gasteiger partial charge >= 0.3 is 0 Å². The van der Waals surface area contributed by atoms with Gasteiger partial charge < -0.3 is 15.1 Å². The summed E-state index contributed by atoms with van der Waals surface area (Å²) in [5.74, 6) is -0.105. The maximum Gasteiger partial charge on any atom is 0.279 e. The lowest BCUT2D eigenvalue weighted by Crippen LogP contribution is -3.28. The molecule has 1 atom stereocenters. The Balaban J connectivity index is 1.49. The minimum atomic E-state index is -0.189. The van der Waals surface area contributed by atoms with E-state index in [1.165, 1.54) is 33.1 Å². The summed E-state index contributed by atoms with van der Waals surface area (Å²) in [5.41, 5.74) is 3.27. The topological polar surface area (TPSA) is 38.0 Å². The van der Waals surface area contributed by atoms with Gasteiger partial charge in [0.1, 0.15) is 38.0 Å². The molecular formula is C22H30FN3O+2. The summed E-state index contributed by atoms with van der Waals surface area (Å²) in [6.07, 6.45) is 0.909. The van der Waals surface area contributed by atoms with Crippen molar-refractivity contribution in [2.45, 2.75) is 26.3 Å². The number of piperazine rings is 1. The van der Waals surface area contributed by atoms with Crippen molar-refractivity contribution in [1.82, 2.24) is 0 Å². The van der Waals surface area contributed by atoms with Gasteiger partial charge in [-0.15, -0.1) is 0 Å². The van der Waals surface area contributed by atoms with Gasteiger partial charge in [0.25, 0.3) is 5.91 Å². The van der Waals surface area contributed by atoms with Crippen molar-refractivity contribution in [1.29, 1.82) is 0 Å². The van der Waals surface area contributed by atoms with Gasteiger partial charge in [0, 0.05) is 11.3 Å². The third-order valence-electron chi connectivity index (χ3n) is 5.66. The highest BCUT2D eigenvalue weighted by Gasteiger charge is 2.29. The van der Waals surface area contributed by atoms with E-state index in [1.807, 2.05) is 30.3 Å². The fraction of sp³-hybridized carbons (Fsp3) is 0.409. The number of hydrogen-bond donors (Lipinski definition) is 3. The van der Waals surface area contributed by atoms with Crippen LogP contribution in [0.2, 0.25) is 0 Å². The molecule has 1 fully saturated rings. The first-order valence-electron chi connectivity index (χ1n) is 9.88. The number of quaternary nitrogens is 2. The van der Waals surface area contributed by atoms with E-state index >= 15 is 0 Å². The number of aryl methyl sites for hydroxylation is 1. The first-order chi connectivity index (χ1) is 13.1. The van der Waals surface area contributed by atoms with Crippen LogP contribution in [0.3, 0.4) is 0 Å². The van der Waals surface area contributed by atoms with Crippen LogP contribution in [0.15, 0.2) is 48.5 Å². The monoisotopic (exact) mass is 371 g/mol.